The van der Waals surface area contributed by atoms with E-state index in [1.165, 1.54) is 4.90 Å². The minimum absolute atomic E-state index is 0.349. The van der Waals surface area contributed by atoms with Gasteiger partial charge in [0.15, 0.2) is 0 Å². The van der Waals surface area contributed by atoms with E-state index in [2.05, 4.69) is 6.07 Å². The van der Waals surface area contributed by atoms with E-state index in [4.69, 9.17) is 9.84 Å². The number of ether oxygens (including phenoxy) is 1. The van der Waals surface area contributed by atoms with Crippen LogP contribution in [0.15, 0.2) is 71.6 Å². The van der Waals surface area contributed by atoms with Crippen molar-refractivity contribution >= 4 is 40.5 Å². The van der Waals surface area contributed by atoms with E-state index in [-0.39, 0.29) is 6.10 Å². The maximum Gasteiger partial charge on any atom is 0.511 e. The van der Waals surface area contributed by atoms with Crippen molar-refractivity contribution in [2.45, 2.75) is 17.4 Å². The first-order chi connectivity index (χ1) is 13.6. The second kappa shape index (κ2) is 10.4. The molecular weight excluding hydrogens is 392 g/mol. The number of fused-ring (bicyclic) bond motifs is 1. The van der Waals surface area contributed by atoms with Crippen LogP contribution in [0.2, 0.25) is 0 Å². The van der Waals surface area contributed by atoms with Gasteiger partial charge < -0.3 is 14.9 Å². The van der Waals surface area contributed by atoms with Crippen LogP contribution in [0.4, 0.5) is 4.79 Å². The lowest BCUT2D eigenvalue weighted by molar-refractivity contribution is 0.145. The fourth-order valence-electron chi connectivity index (χ4n) is 2.91. The third-order valence-corrected chi connectivity index (χ3v) is 6.45. The van der Waals surface area contributed by atoms with Crippen molar-refractivity contribution in [3.8, 4) is 5.75 Å². The third kappa shape index (κ3) is 5.92. The Morgan fingerprint density at radius 1 is 0.929 bits per heavy atom. The second-order valence-electron chi connectivity index (χ2n) is 6.24. The Bertz CT molecular complexity index is 915. The summed E-state index contributed by atoms with van der Waals surface area (Å²) in [6.07, 6.45) is -0.814. The van der Waals surface area contributed by atoms with Gasteiger partial charge in [0.25, 0.3) is 0 Å². The van der Waals surface area contributed by atoms with Crippen molar-refractivity contribution in [2.75, 3.05) is 17.3 Å². The number of aliphatic hydroxyl groups is 1. The van der Waals surface area contributed by atoms with Crippen molar-refractivity contribution in [1.82, 2.24) is 0 Å². The number of rotatable bonds is 9. The highest BCUT2D eigenvalue weighted by atomic mass is 32.2. The zero-order valence-electron chi connectivity index (χ0n) is 15.3. The van der Waals surface area contributed by atoms with Crippen LogP contribution in [0.1, 0.15) is 5.56 Å². The van der Waals surface area contributed by atoms with Gasteiger partial charge in [-0.1, -0.05) is 48.5 Å². The Balaban J connectivity index is 1.50. The summed E-state index contributed by atoms with van der Waals surface area (Å²) in [5.41, 5.74) is 1.15. The lowest BCUT2D eigenvalue weighted by Crippen LogP contribution is -2.13. The molecule has 1 unspecified atom stereocenters. The highest BCUT2D eigenvalue weighted by Crippen LogP contribution is 2.29. The van der Waals surface area contributed by atoms with E-state index in [0.29, 0.717) is 17.3 Å². The van der Waals surface area contributed by atoms with E-state index >= 15 is 0 Å². The SMILES string of the molecule is O=C(O)Oc1cccc2c(CCSCC(O)CSc3ccccc3)cccc12. The fourth-order valence-corrected chi connectivity index (χ4v) is 4.83. The van der Waals surface area contributed by atoms with Gasteiger partial charge in [0.2, 0.25) is 0 Å². The predicted molar refractivity (Wildman–Crippen MR) is 117 cm³/mol. The summed E-state index contributed by atoms with van der Waals surface area (Å²) < 4.78 is 4.88. The van der Waals surface area contributed by atoms with Gasteiger partial charge in [-0.3, -0.25) is 0 Å². The maximum absolute atomic E-state index is 10.9. The lowest BCUT2D eigenvalue weighted by atomic mass is 10.0. The Morgan fingerprint density at radius 3 is 2.46 bits per heavy atom. The molecule has 0 fully saturated rings. The second-order valence-corrected chi connectivity index (χ2v) is 8.48. The molecule has 0 aliphatic rings. The smallest absolute Gasteiger partial charge is 0.449 e. The molecule has 0 aliphatic heterocycles. The van der Waals surface area contributed by atoms with Gasteiger partial charge in [-0.2, -0.15) is 11.8 Å². The summed E-state index contributed by atoms with van der Waals surface area (Å²) in [4.78, 5) is 12.0. The van der Waals surface area contributed by atoms with Crippen molar-refractivity contribution in [1.29, 1.82) is 0 Å². The van der Waals surface area contributed by atoms with Gasteiger partial charge >= 0.3 is 6.16 Å². The Labute approximate surface area is 172 Å². The van der Waals surface area contributed by atoms with Gasteiger partial charge in [-0.05, 0) is 41.3 Å². The number of carboxylic acid groups (broad SMARTS) is 1. The monoisotopic (exact) mass is 414 g/mol. The van der Waals surface area contributed by atoms with Crippen LogP contribution in [0.25, 0.3) is 10.8 Å². The molecule has 0 spiro atoms. The fraction of sp³-hybridized carbons (Fsp3) is 0.227. The number of benzene rings is 3. The largest absolute Gasteiger partial charge is 0.511 e. The molecule has 0 aliphatic carbocycles. The summed E-state index contributed by atoms with van der Waals surface area (Å²) in [6.45, 7) is 0. The van der Waals surface area contributed by atoms with Crippen LogP contribution in [0, 0.1) is 0 Å². The zero-order valence-corrected chi connectivity index (χ0v) is 16.9. The first kappa shape index (κ1) is 20.6. The Morgan fingerprint density at radius 2 is 1.68 bits per heavy atom. The molecule has 1 atom stereocenters. The minimum Gasteiger partial charge on any atom is -0.449 e. The summed E-state index contributed by atoms with van der Waals surface area (Å²) in [5, 5.41) is 20.9. The number of aryl methyl sites for hydroxylation is 1. The molecule has 0 heterocycles. The van der Waals surface area contributed by atoms with Crippen LogP contribution in [-0.2, 0) is 6.42 Å². The lowest BCUT2D eigenvalue weighted by Gasteiger charge is -2.11. The molecule has 3 rings (SSSR count). The molecule has 0 saturated carbocycles. The Kier molecular flexibility index (Phi) is 7.65. The molecule has 3 aromatic rings. The number of aliphatic hydroxyl groups excluding tert-OH is 1. The summed E-state index contributed by atoms with van der Waals surface area (Å²) in [6, 6.07) is 21.4. The molecule has 3 aromatic carbocycles. The van der Waals surface area contributed by atoms with E-state index in [9.17, 15) is 9.90 Å². The average molecular weight is 415 g/mol. The van der Waals surface area contributed by atoms with Crippen LogP contribution in [0.3, 0.4) is 0 Å². The van der Waals surface area contributed by atoms with Gasteiger partial charge in [0.05, 0.1) is 6.10 Å². The number of hydrogen-bond acceptors (Lipinski definition) is 5. The van der Waals surface area contributed by atoms with E-state index in [0.717, 1.165) is 28.5 Å². The highest BCUT2D eigenvalue weighted by molar-refractivity contribution is 8.00. The van der Waals surface area contributed by atoms with Crippen LogP contribution >= 0.6 is 23.5 Å². The molecule has 0 bridgehead atoms. The normalized spacial score (nSPS) is 12.0. The first-order valence-electron chi connectivity index (χ1n) is 8.98. The summed E-state index contributed by atoms with van der Waals surface area (Å²) in [7, 11) is 0. The van der Waals surface area contributed by atoms with Crippen molar-refractivity contribution < 1.29 is 19.7 Å². The summed E-state index contributed by atoms with van der Waals surface area (Å²) >= 11 is 3.39. The molecule has 2 N–H and O–H groups in total. The highest BCUT2D eigenvalue weighted by Gasteiger charge is 2.10. The quantitative estimate of drug-likeness (QED) is 0.214. The molecule has 4 nitrogen and oxygen atoms in total. The van der Waals surface area contributed by atoms with E-state index in [1.54, 1.807) is 29.6 Å². The van der Waals surface area contributed by atoms with Gasteiger partial charge in [-0.25, -0.2) is 4.79 Å². The number of thioether (sulfide) groups is 2. The molecule has 28 heavy (non-hydrogen) atoms. The van der Waals surface area contributed by atoms with E-state index < -0.39 is 6.16 Å². The molecule has 146 valence electrons. The average Bonchev–Trinajstić information content (AvgIpc) is 2.70. The standard InChI is InChI=1S/C22H22O4S2/c23-17(15-28-18-7-2-1-3-8-18)14-27-13-12-16-6-4-10-20-19(16)9-5-11-21(20)26-22(24)25/h1-11,17,23H,12-15H2,(H,24,25). The zero-order chi connectivity index (χ0) is 19.8. The topological polar surface area (TPSA) is 66.8 Å². The Hall–Kier alpha value is -2.15. The maximum atomic E-state index is 10.9. The van der Waals surface area contributed by atoms with Crippen LogP contribution in [0.5, 0.6) is 5.75 Å². The van der Waals surface area contributed by atoms with E-state index in [1.807, 2.05) is 54.6 Å². The molecule has 0 aromatic heterocycles. The van der Waals surface area contributed by atoms with Crippen LogP contribution < -0.4 is 4.74 Å². The number of hydrogen-bond donors (Lipinski definition) is 2. The first-order valence-corrected chi connectivity index (χ1v) is 11.1. The molecule has 6 heteroatoms. The third-order valence-electron chi connectivity index (χ3n) is 4.18. The van der Waals surface area contributed by atoms with Gasteiger partial charge in [-0.15, -0.1) is 11.8 Å². The molecule has 0 radical (unpaired) electrons. The van der Waals surface area contributed by atoms with Crippen LogP contribution in [-0.4, -0.2) is 39.7 Å². The molecule has 0 amide bonds. The summed E-state index contributed by atoms with van der Waals surface area (Å²) in [5.74, 6) is 2.61. The molecule has 0 saturated heterocycles. The number of carbonyl (C=O) groups is 1. The molecular formula is C22H22O4S2. The van der Waals surface area contributed by atoms with Gasteiger partial charge in [0, 0.05) is 21.8 Å². The minimum atomic E-state index is -1.31. The van der Waals surface area contributed by atoms with Crippen molar-refractivity contribution in [2.24, 2.45) is 0 Å². The van der Waals surface area contributed by atoms with Crippen molar-refractivity contribution in [3.63, 3.8) is 0 Å². The van der Waals surface area contributed by atoms with Crippen molar-refractivity contribution in [3.05, 3.63) is 72.3 Å². The predicted octanol–water partition coefficient (Wildman–Crippen LogP) is 5.33. The van der Waals surface area contributed by atoms with Gasteiger partial charge in [0.1, 0.15) is 5.75 Å².